The molecule has 4 aromatic rings. The molecule has 1 aliphatic rings. The van der Waals surface area contributed by atoms with E-state index in [1.165, 1.54) is 11.6 Å². The normalized spacial score (nSPS) is 14.9. The summed E-state index contributed by atoms with van der Waals surface area (Å²) >= 11 is 0. The summed E-state index contributed by atoms with van der Waals surface area (Å²) < 4.78 is 10.9. The first kappa shape index (κ1) is 20.3. The van der Waals surface area contributed by atoms with Crippen molar-refractivity contribution in [3.63, 3.8) is 0 Å². The van der Waals surface area contributed by atoms with E-state index in [-0.39, 0.29) is 12.5 Å². The van der Waals surface area contributed by atoms with Crippen LogP contribution in [0, 0.1) is 13.8 Å². The minimum Gasteiger partial charge on any atom is -0.484 e. The molecule has 5 rings (SSSR count). The van der Waals surface area contributed by atoms with Gasteiger partial charge in [0.1, 0.15) is 17.2 Å². The van der Waals surface area contributed by atoms with Crippen LogP contribution in [0.3, 0.4) is 0 Å². The Hall–Kier alpha value is -3.61. The fourth-order valence-corrected chi connectivity index (χ4v) is 4.37. The van der Waals surface area contributed by atoms with Crippen molar-refractivity contribution in [1.82, 2.24) is 14.9 Å². The van der Waals surface area contributed by atoms with Gasteiger partial charge in [-0.2, -0.15) is 0 Å². The van der Waals surface area contributed by atoms with Crippen LogP contribution in [0.2, 0.25) is 0 Å². The number of fused-ring (bicyclic) bond motifs is 2. The molecule has 2 aromatic carbocycles. The van der Waals surface area contributed by atoms with Crippen molar-refractivity contribution in [1.29, 1.82) is 0 Å². The van der Waals surface area contributed by atoms with E-state index in [4.69, 9.17) is 14.1 Å². The molecule has 3 heterocycles. The van der Waals surface area contributed by atoms with Gasteiger partial charge in [0, 0.05) is 36.5 Å². The van der Waals surface area contributed by atoms with Crippen LogP contribution in [0.1, 0.15) is 35.7 Å². The van der Waals surface area contributed by atoms with E-state index >= 15 is 0 Å². The SMILES string of the molecule is Cc1ccc2nc(C3CCN(C(=O)COc4ccc5c(C)cc(=O)oc5c4)CC3)[nH]c2c1. The van der Waals surface area contributed by atoms with Crippen molar-refractivity contribution >= 4 is 27.9 Å². The van der Waals surface area contributed by atoms with Crippen molar-refractivity contribution in [3.05, 3.63) is 69.8 Å². The molecule has 0 unspecified atom stereocenters. The topological polar surface area (TPSA) is 88.4 Å². The number of ether oxygens (including phenoxy) is 1. The lowest BCUT2D eigenvalue weighted by Crippen LogP contribution is -2.40. The van der Waals surface area contributed by atoms with Gasteiger partial charge in [-0.25, -0.2) is 9.78 Å². The number of carbonyl (C=O) groups excluding carboxylic acids is 1. The summed E-state index contributed by atoms with van der Waals surface area (Å²) in [5, 5.41) is 0.853. The van der Waals surface area contributed by atoms with Gasteiger partial charge in [-0.1, -0.05) is 6.07 Å². The molecule has 2 aromatic heterocycles. The highest BCUT2D eigenvalue weighted by Crippen LogP contribution is 2.28. The minimum absolute atomic E-state index is 0.0455. The van der Waals surface area contributed by atoms with Crippen molar-refractivity contribution in [2.75, 3.05) is 19.7 Å². The molecule has 164 valence electrons. The van der Waals surface area contributed by atoms with Gasteiger partial charge >= 0.3 is 5.63 Å². The molecular weight excluding hydrogens is 406 g/mol. The number of nitrogens with zero attached hydrogens (tertiary/aromatic N) is 2. The molecule has 7 heteroatoms. The average Bonchev–Trinajstić information content (AvgIpc) is 3.20. The van der Waals surface area contributed by atoms with Gasteiger partial charge in [-0.05, 0) is 62.1 Å². The third kappa shape index (κ3) is 3.98. The second kappa shape index (κ2) is 8.15. The number of likely N-dealkylation sites (tertiary alicyclic amines) is 1. The number of rotatable bonds is 4. The minimum atomic E-state index is -0.398. The Kier molecular flexibility index (Phi) is 5.17. The number of aromatic nitrogens is 2. The molecule has 0 saturated carbocycles. The van der Waals surface area contributed by atoms with Crippen LogP contribution in [-0.2, 0) is 4.79 Å². The summed E-state index contributed by atoms with van der Waals surface area (Å²) in [6, 6.07) is 13.0. The predicted molar refractivity (Wildman–Crippen MR) is 122 cm³/mol. The zero-order valence-corrected chi connectivity index (χ0v) is 18.2. The molecule has 0 spiro atoms. The first-order valence-corrected chi connectivity index (χ1v) is 10.9. The Morgan fingerprint density at radius 1 is 1.16 bits per heavy atom. The number of aryl methyl sites for hydroxylation is 2. The highest BCUT2D eigenvalue weighted by molar-refractivity contribution is 5.82. The number of amides is 1. The van der Waals surface area contributed by atoms with E-state index in [0.717, 1.165) is 40.6 Å². The maximum atomic E-state index is 12.7. The predicted octanol–water partition coefficient (Wildman–Crippen LogP) is 4.07. The second-order valence-electron chi connectivity index (χ2n) is 8.49. The molecule has 32 heavy (non-hydrogen) atoms. The Balaban J connectivity index is 1.19. The summed E-state index contributed by atoms with van der Waals surface area (Å²) in [7, 11) is 0. The van der Waals surface area contributed by atoms with Crippen molar-refractivity contribution in [2.45, 2.75) is 32.6 Å². The van der Waals surface area contributed by atoms with Crippen LogP contribution in [0.15, 0.2) is 51.7 Å². The lowest BCUT2D eigenvalue weighted by Gasteiger charge is -2.31. The number of carbonyl (C=O) groups is 1. The fourth-order valence-electron chi connectivity index (χ4n) is 4.37. The summed E-state index contributed by atoms with van der Waals surface area (Å²) in [6.07, 6.45) is 1.73. The van der Waals surface area contributed by atoms with Gasteiger partial charge in [0.25, 0.3) is 5.91 Å². The van der Waals surface area contributed by atoms with Gasteiger partial charge in [0.15, 0.2) is 6.61 Å². The molecule has 0 aliphatic carbocycles. The van der Waals surface area contributed by atoms with E-state index in [2.05, 4.69) is 24.0 Å². The largest absolute Gasteiger partial charge is 0.484 e. The van der Waals surface area contributed by atoms with Gasteiger partial charge in [-0.15, -0.1) is 0 Å². The number of aromatic amines is 1. The molecular formula is C25H25N3O4. The monoisotopic (exact) mass is 431 g/mol. The van der Waals surface area contributed by atoms with Crippen LogP contribution in [0.25, 0.3) is 22.0 Å². The maximum absolute atomic E-state index is 12.7. The second-order valence-corrected chi connectivity index (χ2v) is 8.49. The summed E-state index contributed by atoms with van der Waals surface area (Å²) in [4.78, 5) is 34.3. The van der Waals surface area contributed by atoms with Crippen molar-refractivity contribution in [2.24, 2.45) is 0 Å². The number of nitrogens with one attached hydrogen (secondary N) is 1. The standard InChI is InChI=1S/C25H25N3O4/c1-15-3-6-20-21(11-15)27-25(26-20)17-7-9-28(10-8-17)23(29)14-31-18-4-5-19-16(2)12-24(30)32-22(19)13-18/h3-6,11-13,17H,7-10,14H2,1-2H3,(H,26,27). The van der Waals surface area contributed by atoms with Crippen LogP contribution >= 0.6 is 0 Å². The highest BCUT2D eigenvalue weighted by atomic mass is 16.5. The average molecular weight is 431 g/mol. The van der Waals surface area contributed by atoms with Gasteiger partial charge < -0.3 is 19.0 Å². The number of H-pyrrole nitrogens is 1. The molecule has 0 radical (unpaired) electrons. The third-order valence-corrected chi connectivity index (χ3v) is 6.18. The smallest absolute Gasteiger partial charge is 0.336 e. The van der Waals surface area contributed by atoms with Gasteiger partial charge in [-0.3, -0.25) is 4.79 Å². The van der Waals surface area contributed by atoms with E-state index in [9.17, 15) is 9.59 Å². The van der Waals surface area contributed by atoms with E-state index < -0.39 is 5.63 Å². The molecule has 1 saturated heterocycles. The number of benzene rings is 2. The van der Waals surface area contributed by atoms with Gasteiger partial charge in [0.2, 0.25) is 0 Å². The van der Waals surface area contributed by atoms with Crippen molar-refractivity contribution < 1.29 is 13.9 Å². The molecule has 0 atom stereocenters. The maximum Gasteiger partial charge on any atom is 0.336 e. The Bertz CT molecular complexity index is 1360. The molecule has 1 amide bonds. The van der Waals surface area contributed by atoms with E-state index in [1.807, 2.05) is 24.0 Å². The molecule has 0 bridgehead atoms. The molecule has 1 N–H and O–H groups in total. The van der Waals surface area contributed by atoms with Gasteiger partial charge in [0.05, 0.1) is 11.0 Å². The summed E-state index contributed by atoms with van der Waals surface area (Å²) in [5.41, 5.74) is 4.16. The van der Waals surface area contributed by atoms with Crippen LogP contribution in [0.5, 0.6) is 5.75 Å². The number of hydrogen-bond acceptors (Lipinski definition) is 5. The molecule has 1 aliphatic heterocycles. The Morgan fingerprint density at radius 2 is 1.97 bits per heavy atom. The zero-order chi connectivity index (χ0) is 22.2. The first-order valence-electron chi connectivity index (χ1n) is 10.9. The summed E-state index contributed by atoms with van der Waals surface area (Å²) in [5.74, 6) is 1.78. The lowest BCUT2D eigenvalue weighted by atomic mass is 9.96. The van der Waals surface area contributed by atoms with E-state index in [1.54, 1.807) is 12.1 Å². The zero-order valence-electron chi connectivity index (χ0n) is 18.2. The Morgan fingerprint density at radius 3 is 2.78 bits per heavy atom. The fraction of sp³-hybridized carbons (Fsp3) is 0.320. The van der Waals surface area contributed by atoms with Crippen molar-refractivity contribution in [3.8, 4) is 5.75 Å². The highest BCUT2D eigenvalue weighted by Gasteiger charge is 2.26. The van der Waals surface area contributed by atoms with Crippen LogP contribution in [0.4, 0.5) is 0 Å². The van der Waals surface area contributed by atoms with Crippen LogP contribution < -0.4 is 10.4 Å². The quantitative estimate of drug-likeness (QED) is 0.492. The third-order valence-electron chi connectivity index (χ3n) is 6.18. The van der Waals surface area contributed by atoms with E-state index in [0.29, 0.717) is 30.3 Å². The Labute approximate surface area is 185 Å². The molecule has 1 fully saturated rings. The summed E-state index contributed by atoms with van der Waals surface area (Å²) in [6.45, 7) is 5.24. The number of imidazole rings is 1. The van der Waals surface area contributed by atoms with Crippen LogP contribution in [-0.4, -0.2) is 40.5 Å². The first-order chi connectivity index (χ1) is 15.5. The molecule has 7 nitrogen and oxygen atoms in total. The number of piperidine rings is 1. The lowest BCUT2D eigenvalue weighted by molar-refractivity contribution is -0.134. The number of hydrogen-bond donors (Lipinski definition) is 1.